The van der Waals surface area contributed by atoms with E-state index in [2.05, 4.69) is 80.3 Å². The largest absolute Gasteiger partial charge is 0.361 e. The number of H-pyrrole nitrogens is 1. The molecule has 5 heteroatoms. The summed E-state index contributed by atoms with van der Waals surface area (Å²) in [4.78, 5) is 34.9. The minimum Gasteiger partial charge on any atom is -0.361 e. The molecule has 1 aromatic heterocycles. The average Bonchev–Trinajstić information content (AvgIpc) is 3.65. The molecule has 4 aliphatic carbocycles. The number of likely N-dealkylation sites (tertiary alicyclic amines) is 1. The summed E-state index contributed by atoms with van der Waals surface area (Å²) in [5.74, 6) is 4.71. The lowest BCUT2D eigenvalue weighted by atomic mass is 9.42. The van der Waals surface area contributed by atoms with E-state index >= 15 is 4.79 Å². The third-order valence-electron chi connectivity index (χ3n) is 15.5. The number of aromatic amines is 1. The van der Waals surface area contributed by atoms with Crippen molar-refractivity contribution in [1.82, 2.24) is 15.2 Å². The molecule has 0 radical (unpaired) electrons. The molecule has 1 saturated heterocycles. The number of rotatable bonds is 10. The Labute approximate surface area is 291 Å². The molecule has 48 heavy (non-hydrogen) atoms. The lowest BCUT2D eigenvalue weighted by Gasteiger charge is -2.67. The Morgan fingerprint density at radius 1 is 0.938 bits per heavy atom. The van der Waals surface area contributed by atoms with Crippen molar-refractivity contribution >= 4 is 22.7 Å². The molecule has 5 aliphatic rings. The summed E-state index contributed by atoms with van der Waals surface area (Å²) in [5.41, 5.74) is 1.84. The normalized spacial score (nSPS) is 36.1. The quantitative estimate of drug-likeness (QED) is 0.268. The van der Waals surface area contributed by atoms with Gasteiger partial charge >= 0.3 is 0 Å². The summed E-state index contributed by atoms with van der Waals surface area (Å²) >= 11 is 0. The van der Waals surface area contributed by atoms with E-state index in [-0.39, 0.29) is 23.3 Å². The van der Waals surface area contributed by atoms with Gasteiger partial charge in [-0.2, -0.15) is 0 Å². The van der Waals surface area contributed by atoms with E-state index in [0.29, 0.717) is 30.2 Å². The van der Waals surface area contributed by atoms with Gasteiger partial charge in [0.15, 0.2) is 0 Å². The maximum absolute atomic E-state index is 15.1. The van der Waals surface area contributed by atoms with Crippen LogP contribution in [0.5, 0.6) is 0 Å². The fraction of sp³-hybridized carbons (Fsp3) is 0.767. The molecule has 0 spiro atoms. The number of piperidine rings is 1. The molecule has 2 heterocycles. The van der Waals surface area contributed by atoms with E-state index in [4.69, 9.17) is 0 Å². The molecule has 1 aromatic carbocycles. The van der Waals surface area contributed by atoms with E-state index in [1.54, 1.807) is 0 Å². The van der Waals surface area contributed by atoms with Gasteiger partial charge in [0.25, 0.3) is 0 Å². The van der Waals surface area contributed by atoms with Gasteiger partial charge in [0.1, 0.15) is 5.54 Å². The minimum absolute atomic E-state index is 0.179. The zero-order chi connectivity index (χ0) is 33.7. The lowest BCUT2D eigenvalue weighted by Crippen LogP contribution is -2.76. The van der Waals surface area contributed by atoms with Gasteiger partial charge in [-0.3, -0.25) is 9.59 Å². The SMILES string of the molecule is CC(C)CCC[C@@H](C)[C@H]1CC[C@H]2[C@@H]3CC[C@@]4(C(=O)NC5CCCCC5)N(CCc5c[nH]c6ccccc56)C(=O)CC[C@]4(C)[C@H]3CC[C@]12C. The van der Waals surface area contributed by atoms with Crippen molar-refractivity contribution in [2.75, 3.05) is 6.54 Å². The van der Waals surface area contributed by atoms with Gasteiger partial charge in [-0.15, -0.1) is 0 Å². The summed E-state index contributed by atoms with van der Waals surface area (Å²) < 4.78 is 0. The third-order valence-corrected chi connectivity index (χ3v) is 15.5. The van der Waals surface area contributed by atoms with Crippen molar-refractivity contribution in [1.29, 1.82) is 0 Å². The van der Waals surface area contributed by atoms with E-state index < -0.39 is 5.54 Å². The monoisotopic (exact) mass is 656 g/mol. The first kappa shape index (κ1) is 34.2. The number of carbonyl (C=O) groups is 2. The first-order chi connectivity index (χ1) is 23.1. The molecule has 264 valence electrons. The zero-order valence-electron chi connectivity index (χ0n) is 30.9. The van der Waals surface area contributed by atoms with Crippen molar-refractivity contribution in [3.63, 3.8) is 0 Å². The number of benzene rings is 1. The number of hydrogen-bond acceptors (Lipinski definition) is 2. The van der Waals surface area contributed by atoms with Crippen molar-refractivity contribution in [2.45, 2.75) is 155 Å². The number of amides is 2. The molecule has 2 amide bonds. The molecular formula is C43H65N3O2. The van der Waals surface area contributed by atoms with Crippen molar-refractivity contribution < 1.29 is 9.59 Å². The van der Waals surface area contributed by atoms with Crippen LogP contribution >= 0.6 is 0 Å². The first-order valence-corrected chi connectivity index (χ1v) is 20.2. The van der Waals surface area contributed by atoms with Gasteiger partial charge in [0.05, 0.1) is 0 Å². The first-order valence-electron chi connectivity index (χ1n) is 20.2. The number of hydrogen-bond donors (Lipinski definition) is 2. The summed E-state index contributed by atoms with van der Waals surface area (Å²) in [6.07, 6.45) is 21.4. The Morgan fingerprint density at radius 3 is 2.52 bits per heavy atom. The van der Waals surface area contributed by atoms with Crippen LogP contribution in [-0.4, -0.2) is 39.8 Å². The predicted octanol–water partition coefficient (Wildman–Crippen LogP) is 9.84. The number of fused-ring (bicyclic) bond motifs is 6. The van der Waals surface area contributed by atoms with Gasteiger partial charge in [0.2, 0.25) is 11.8 Å². The zero-order valence-corrected chi connectivity index (χ0v) is 30.9. The maximum Gasteiger partial charge on any atom is 0.246 e. The highest BCUT2D eigenvalue weighted by Gasteiger charge is 2.69. The van der Waals surface area contributed by atoms with Crippen molar-refractivity contribution in [3.05, 3.63) is 36.0 Å². The highest BCUT2D eigenvalue weighted by Crippen LogP contribution is 2.69. The van der Waals surface area contributed by atoms with E-state index in [1.807, 2.05) is 0 Å². The number of carbonyl (C=O) groups excluding carboxylic acids is 2. The summed E-state index contributed by atoms with van der Waals surface area (Å²) in [6, 6.07) is 8.72. The van der Waals surface area contributed by atoms with Crippen LogP contribution in [0, 0.1) is 46.3 Å². The Bertz CT molecular complexity index is 1460. The van der Waals surface area contributed by atoms with Crippen molar-refractivity contribution in [2.24, 2.45) is 46.3 Å². The van der Waals surface area contributed by atoms with Crippen LogP contribution < -0.4 is 5.32 Å². The van der Waals surface area contributed by atoms with Gasteiger partial charge in [0, 0.05) is 41.5 Å². The molecule has 1 aliphatic heterocycles. The van der Waals surface area contributed by atoms with Crippen LogP contribution in [0.2, 0.25) is 0 Å². The Kier molecular flexibility index (Phi) is 9.56. The molecule has 8 atom stereocenters. The molecular weight excluding hydrogens is 590 g/mol. The topological polar surface area (TPSA) is 65.2 Å². The Balaban J connectivity index is 1.18. The van der Waals surface area contributed by atoms with Gasteiger partial charge in [-0.25, -0.2) is 0 Å². The predicted molar refractivity (Wildman–Crippen MR) is 196 cm³/mol. The molecule has 4 saturated carbocycles. The molecule has 0 bridgehead atoms. The molecule has 2 N–H and O–H groups in total. The summed E-state index contributed by atoms with van der Waals surface area (Å²) in [7, 11) is 0. The van der Waals surface area contributed by atoms with Crippen LogP contribution in [0.15, 0.2) is 30.5 Å². The molecule has 2 aromatic rings. The second-order valence-corrected chi connectivity index (χ2v) is 18.2. The van der Waals surface area contributed by atoms with Gasteiger partial charge in [-0.1, -0.05) is 91.3 Å². The van der Waals surface area contributed by atoms with Crippen LogP contribution in [-0.2, 0) is 16.0 Å². The van der Waals surface area contributed by atoms with Crippen LogP contribution in [0.3, 0.4) is 0 Å². The third kappa shape index (κ3) is 5.66. The number of nitrogens with one attached hydrogen (secondary N) is 2. The smallest absolute Gasteiger partial charge is 0.246 e. The standard InChI is InChI=1S/C43H65N3O2/c1-29(2)12-11-13-30(3)35-18-19-36-34-20-26-43(40(48)45-32-14-7-6-8-15-32)42(5,37(34)21-24-41(35,36)4)25-22-39(47)46(43)27-23-31-28-44-38-17-10-9-16-33(31)38/h9-10,16-17,28-30,32,34-37,44H,6-8,11-15,18-27H2,1-5H3,(H,45,48)/t30-,34+,35-,36+,37+,41-,42-,43+/m1/s1. The fourth-order valence-corrected chi connectivity index (χ4v) is 13.0. The highest BCUT2D eigenvalue weighted by molar-refractivity contribution is 5.94. The van der Waals surface area contributed by atoms with E-state index in [9.17, 15) is 4.79 Å². The van der Waals surface area contributed by atoms with Crippen LogP contribution in [0.1, 0.15) is 143 Å². The van der Waals surface area contributed by atoms with Gasteiger partial charge in [-0.05, 0) is 117 Å². The van der Waals surface area contributed by atoms with Crippen LogP contribution in [0.4, 0.5) is 0 Å². The highest BCUT2D eigenvalue weighted by atomic mass is 16.2. The second kappa shape index (κ2) is 13.4. The fourth-order valence-electron chi connectivity index (χ4n) is 13.0. The molecule has 7 rings (SSSR count). The minimum atomic E-state index is -0.761. The molecule has 5 fully saturated rings. The van der Waals surface area contributed by atoms with Gasteiger partial charge < -0.3 is 15.2 Å². The van der Waals surface area contributed by atoms with E-state index in [0.717, 1.165) is 67.7 Å². The number of para-hydroxylation sites is 1. The maximum atomic E-state index is 15.1. The number of aromatic nitrogens is 1. The van der Waals surface area contributed by atoms with E-state index in [1.165, 1.54) is 75.2 Å². The molecule has 5 nitrogen and oxygen atoms in total. The molecule has 0 unspecified atom stereocenters. The lowest BCUT2D eigenvalue weighted by molar-refractivity contribution is -0.196. The second-order valence-electron chi connectivity index (χ2n) is 18.2. The Hall–Kier alpha value is -2.30. The summed E-state index contributed by atoms with van der Waals surface area (Å²) in [6.45, 7) is 13.0. The van der Waals surface area contributed by atoms with Crippen LogP contribution in [0.25, 0.3) is 10.9 Å². The van der Waals surface area contributed by atoms with Crippen molar-refractivity contribution in [3.8, 4) is 0 Å². The Morgan fingerprint density at radius 2 is 1.73 bits per heavy atom. The summed E-state index contributed by atoms with van der Waals surface area (Å²) in [5, 5.41) is 4.87. The number of nitrogens with zero attached hydrogens (tertiary/aromatic N) is 1. The average molecular weight is 656 g/mol.